The Labute approximate surface area is 411 Å². The summed E-state index contributed by atoms with van der Waals surface area (Å²) in [6.45, 7) is 6.50. The summed E-state index contributed by atoms with van der Waals surface area (Å²) in [6.07, 6.45) is 64.9. The zero-order valence-electron chi connectivity index (χ0n) is 44.3. The molecule has 66 heavy (non-hydrogen) atoms. The molecule has 3 unspecified atom stereocenters. The summed E-state index contributed by atoms with van der Waals surface area (Å²) in [5, 5.41) is 23.9. The van der Waals surface area contributed by atoms with Crippen LogP contribution < -0.4 is 5.32 Å². The van der Waals surface area contributed by atoms with Crippen LogP contribution >= 0.6 is 0 Å². The van der Waals surface area contributed by atoms with Gasteiger partial charge in [-0.25, -0.2) is 0 Å². The smallest absolute Gasteiger partial charge is 0.306 e. The number of ether oxygens (including phenoxy) is 1. The van der Waals surface area contributed by atoms with Gasteiger partial charge in [0.2, 0.25) is 5.91 Å². The number of unbranched alkanes of at least 4 members (excludes halogenated alkanes) is 36. The predicted molar refractivity (Wildman–Crippen MR) is 287 cm³/mol. The number of esters is 1. The second-order valence-electron chi connectivity index (χ2n) is 20.1. The Morgan fingerprint density at radius 2 is 0.773 bits per heavy atom. The fourth-order valence-corrected chi connectivity index (χ4v) is 9.01. The van der Waals surface area contributed by atoms with E-state index in [1.165, 1.54) is 193 Å². The maximum Gasteiger partial charge on any atom is 0.306 e. The topological polar surface area (TPSA) is 95.9 Å². The Hall–Kier alpha value is -1.92. The maximum atomic E-state index is 13.3. The quantitative estimate of drug-likeness (QED) is 0.0244. The van der Waals surface area contributed by atoms with Crippen LogP contribution in [0.4, 0.5) is 0 Å². The van der Waals surface area contributed by atoms with Gasteiger partial charge in [-0.1, -0.05) is 256 Å². The van der Waals surface area contributed by atoms with Gasteiger partial charge in [-0.2, -0.15) is 0 Å². The van der Waals surface area contributed by atoms with Crippen molar-refractivity contribution in [2.45, 2.75) is 328 Å². The number of rotatable bonds is 53. The molecular weight excluding hydrogens is 815 g/mol. The summed E-state index contributed by atoms with van der Waals surface area (Å²) in [6, 6.07) is -0.707. The first-order chi connectivity index (χ1) is 32.5. The average Bonchev–Trinajstić information content (AvgIpc) is 3.31. The molecule has 1 amide bonds. The highest BCUT2D eigenvalue weighted by Gasteiger charge is 2.24. The van der Waals surface area contributed by atoms with Crippen molar-refractivity contribution in [2.24, 2.45) is 0 Å². The Morgan fingerprint density at radius 1 is 0.439 bits per heavy atom. The number of hydrogen-bond donors (Lipinski definition) is 3. The van der Waals surface area contributed by atoms with Gasteiger partial charge in [-0.15, -0.1) is 0 Å². The number of aliphatic hydroxyl groups is 2. The lowest BCUT2D eigenvalue weighted by Crippen LogP contribution is -2.46. The van der Waals surface area contributed by atoms with Crippen LogP contribution in [-0.2, 0) is 14.3 Å². The van der Waals surface area contributed by atoms with Crippen LogP contribution in [0, 0.1) is 0 Å². The lowest BCUT2D eigenvalue weighted by molar-refractivity contribution is -0.151. The van der Waals surface area contributed by atoms with Gasteiger partial charge in [0.05, 0.1) is 25.2 Å². The number of allylic oxidation sites excluding steroid dienone is 6. The van der Waals surface area contributed by atoms with E-state index >= 15 is 0 Å². The Morgan fingerprint density at radius 3 is 1.17 bits per heavy atom. The van der Waals surface area contributed by atoms with Crippen LogP contribution in [0.15, 0.2) is 36.5 Å². The van der Waals surface area contributed by atoms with Crippen molar-refractivity contribution in [2.75, 3.05) is 6.61 Å². The molecular formula is C60H113NO5. The third-order valence-electron chi connectivity index (χ3n) is 13.5. The van der Waals surface area contributed by atoms with Crippen molar-refractivity contribution in [3.63, 3.8) is 0 Å². The van der Waals surface area contributed by atoms with Crippen LogP contribution in [0.3, 0.4) is 0 Å². The molecule has 0 heterocycles. The Kier molecular flexibility index (Phi) is 52.5. The number of amides is 1. The van der Waals surface area contributed by atoms with Crippen molar-refractivity contribution in [1.82, 2.24) is 5.32 Å². The standard InChI is InChI=1S/C60H113NO5/c1-4-7-10-13-16-19-22-25-28-30-31-33-36-39-42-45-48-51-56(66-60(65)53-50-47-44-41-38-35-32-29-26-23-20-17-14-11-8-5-2)54-59(64)61-57(55-62)58(63)52-49-46-43-40-37-34-27-24-21-18-15-12-9-6-3/h25,28-29,32,35,38,56-58,62-63H,4-24,26-27,30-31,33-34,36-37,39-55H2,1-3H3,(H,61,64)/b28-25+,32-29+,38-35+. The molecule has 0 aliphatic carbocycles. The highest BCUT2D eigenvalue weighted by molar-refractivity contribution is 5.77. The number of carbonyl (C=O) groups is 2. The summed E-state index contributed by atoms with van der Waals surface area (Å²) >= 11 is 0. The van der Waals surface area contributed by atoms with Crippen molar-refractivity contribution < 1.29 is 24.5 Å². The molecule has 0 spiro atoms. The second-order valence-corrected chi connectivity index (χ2v) is 20.1. The first-order valence-electron chi connectivity index (χ1n) is 29.2. The summed E-state index contributed by atoms with van der Waals surface area (Å²) < 4.78 is 5.95. The number of aliphatic hydroxyl groups excluding tert-OH is 2. The van der Waals surface area contributed by atoms with Crippen LogP contribution in [0.1, 0.15) is 310 Å². The van der Waals surface area contributed by atoms with E-state index in [4.69, 9.17) is 4.74 Å². The Balaban J connectivity index is 4.60. The Bertz CT molecular complexity index is 1090. The van der Waals surface area contributed by atoms with Crippen LogP contribution in [0.5, 0.6) is 0 Å². The van der Waals surface area contributed by atoms with E-state index in [1.54, 1.807) is 0 Å². The minimum atomic E-state index is -0.792. The number of hydrogen-bond acceptors (Lipinski definition) is 5. The third kappa shape index (κ3) is 48.5. The molecule has 0 aliphatic rings. The molecule has 0 fully saturated rings. The van der Waals surface area contributed by atoms with E-state index < -0.39 is 18.2 Å². The lowest BCUT2D eigenvalue weighted by Gasteiger charge is -2.24. The van der Waals surface area contributed by atoms with Gasteiger partial charge in [0, 0.05) is 6.42 Å². The third-order valence-corrected chi connectivity index (χ3v) is 13.5. The summed E-state index contributed by atoms with van der Waals surface area (Å²) in [5.74, 6) is -0.495. The normalized spacial score (nSPS) is 13.3. The van der Waals surface area contributed by atoms with Crippen molar-refractivity contribution in [1.29, 1.82) is 0 Å². The molecule has 0 aromatic carbocycles. The lowest BCUT2D eigenvalue weighted by atomic mass is 10.0. The van der Waals surface area contributed by atoms with E-state index in [2.05, 4.69) is 62.5 Å². The van der Waals surface area contributed by atoms with Crippen molar-refractivity contribution in [3.05, 3.63) is 36.5 Å². The molecule has 0 aromatic heterocycles. The highest BCUT2D eigenvalue weighted by Crippen LogP contribution is 2.18. The predicted octanol–water partition coefficient (Wildman–Crippen LogP) is 18.0. The van der Waals surface area contributed by atoms with E-state index in [0.29, 0.717) is 19.3 Å². The molecule has 3 N–H and O–H groups in total. The first kappa shape index (κ1) is 64.1. The maximum absolute atomic E-state index is 13.3. The van der Waals surface area contributed by atoms with Gasteiger partial charge < -0.3 is 20.3 Å². The molecule has 0 aromatic rings. The van der Waals surface area contributed by atoms with Gasteiger partial charge in [-0.3, -0.25) is 9.59 Å². The monoisotopic (exact) mass is 928 g/mol. The minimum Gasteiger partial charge on any atom is -0.462 e. The van der Waals surface area contributed by atoms with Gasteiger partial charge in [0.25, 0.3) is 0 Å². The molecule has 0 aliphatic heterocycles. The van der Waals surface area contributed by atoms with Gasteiger partial charge in [0.1, 0.15) is 6.10 Å². The molecule has 6 heteroatoms. The zero-order valence-corrected chi connectivity index (χ0v) is 44.3. The van der Waals surface area contributed by atoms with Crippen LogP contribution in [0.2, 0.25) is 0 Å². The van der Waals surface area contributed by atoms with E-state index in [-0.39, 0.29) is 24.9 Å². The number of carbonyl (C=O) groups excluding carboxylic acids is 2. The van der Waals surface area contributed by atoms with Crippen molar-refractivity contribution in [3.8, 4) is 0 Å². The molecule has 6 nitrogen and oxygen atoms in total. The summed E-state index contributed by atoms with van der Waals surface area (Å²) in [7, 11) is 0. The molecule has 0 saturated carbocycles. The van der Waals surface area contributed by atoms with Crippen LogP contribution in [-0.4, -0.2) is 46.9 Å². The molecule has 0 rings (SSSR count). The first-order valence-corrected chi connectivity index (χ1v) is 29.2. The SMILES string of the molecule is CCCCCCCC/C=C/CCCCCCCCCC(CC(=O)NC(CO)C(O)CCCCCCCCCCCCCCCC)OC(=O)CCCCC/C=C/C=C/CCCCCCCCC. The van der Waals surface area contributed by atoms with Gasteiger partial charge in [0.15, 0.2) is 0 Å². The molecule has 0 bridgehead atoms. The van der Waals surface area contributed by atoms with Gasteiger partial charge in [-0.05, 0) is 77.0 Å². The van der Waals surface area contributed by atoms with Crippen molar-refractivity contribution >= 4 is 11.9 Å². The average molecular weight is 929 g/mol. The van der Waals surface area contributed by atoms with Gasteiger partial charge >= 0.3 is 5.97 Å². The van der Waals surface area contributed by atoms with E-state index in [1.807, 2.05) is 0 Å². The molecule has 388 valence electrons. The highest BCUT2D eigenvalue weighted by atomic mass is 16.5. The molecule has 0 radical (unpaired) electrons. The largest absolute Gasteiger partial charge is 0.462 e. The second kappa shape index (κ2) is 54.0. The van der Waals surface area contributed by atoms with Crippen LogP contribution in [0.25, 0.3) is 0 Å². The fourth-order valence-electron chi connectivity index (χ4n) is 9.01. The molecule has 3 atom stereocenters. The van der Waals surface area contributed by atoms with E-state index in [0.717, 1.165) is 70.6 Å². The zero-order chi connectivity index (χ0) is 48.1. The number of nitrogens with one attached hydrogen (secondary N) is 1. The fraction of sp³-hybridized carbons (Fsp3) is 0.867. The molecule has 0 saturated heterocycles. The van der Waals surface area contributed by atoms with E-state index in [9.17, 15) is 19.8 Å². The summed E-state index contributed by atoms with van der Waals surface area (Å²) in [5.41, 5.74) is 0. The summed E-state index contributed by atoms with van der Waals surface area (Å²) in [4.78, 5) is 26.3. The minimum absolute atomic E-state index is 0.0669.